The zero-order chi connectivity index (χ0) is 14.3. The molecule has 0 saturated heterocycles. The van der Waals surface area contributed by atoms with Gasteiger partial charge in [-0.1, -0.05) is 18.2 Å². The van der Waals surface area contributed by atoms with E-state index in [9.17, 15) is 0 Å². The molecule has 3 heterocycles. The molecule has 2 unspecified atom stereocenters. The van der Waals surface area contributed by atoms with Gasteiger partial charge in [-0.05, 0) is 18.2 Å². The van der Waals surface area contributed by atoms with Gasteiger partial charge >= 0.3 is 0 Å². The Morgan fingerprint density at radius 1 is 1.19 bits per heavy atom. The average Bonchev–Trinajstić information content (AvgIpc) is 2.70. The molecule has 1 aromatic heterocycles. The number of aromatic nitrogens is 1. The second-order valence-electron chi connectivity index (χ2n) is 5.19. The van der Waals surface area contributed by atoms with Gasteiger partial charge in [0.15, 0.2) is 5.75 Å². The van der Waals surface area contributed by atoms with Gasteiger partial charge < -0.3 is 15.2 Å². The molecular formula is C16H15N3O2. The summed E-state index contributed by atoms with van der Waals surface area (Å²) in [6.07, 6.45) is 6.61. The van der Waals surface area contributed by atoms with Crippen LogP contribution in [0.1, 0.15) is 11.1 Å². The van der Waals surface area contributed by atoms with Crippen molar-refractivity contribution in [1.82, 2.24) is 10.3 Å². The summed E-state index contributed by atoms with van der Waals surface area (Å²) in [5.74, 6) is 1.52. The number of hydrogen-bond donors (Lipinski definition) is 2. The monoisotopic (exact) mass is 281 g/mol. The molecule has 2 atom stereocenters. The Morgan fingerprint density at radius 2 is 2.05 bits per heavy atom. The van der Waals surface area contributed by atoms with Crippen LogP contribution in [0.2, 0.25) is 0 Å². The van der Waals surface area contributed by atoms with Gasteiger partial charge in [0.05, 0.1) is 18.6 Å². The molecule has 0 bridgehead atoms. The van der Waals surface area contributed by atoms with Gasteiger partial charge in [-0.25, -0.2) is 0 Å². The number of nitrogens with two attached hydrogens (primary N) is 1. The summed E-state index contributed by atoms with van der Waals surface area (Å²) in [6.45, 7) is 0.439. The maximum absolute atomic E-state index is 6.12. The molecule has 3 N–H and O–H groups in total. The lowest BCUT2D eigenvalue weighted by Crippen LogP contribution is -2.54. The van der Waals surface area contributed by atoms with Gasteiger partial charge in [0.1, 0.15) is 17.9 Å². The molecular weight excluding hydrogens is 266 g/mol. The minimum Gasteiger partial charge on any atom is -0.499 e. The molecule has 1 spiro atoms. The van der Waals surface area contributed by atoms with E-state index in [0.29, 0.717) is 6.61 Å². The van der Waals surface area contributed by atoms with Gasteiger partial charge in [0.25, 0.3) is 0 Å². The summed E-state index contributed by atoms with van der Waals surface area (Å²) in [5, 5.41) is 3.46. The number of nitrogens with zero attached hydrogens (tertiary/aromatic N) is 1. The first-order valence-corrected chi connectivity index (χ1v) is 6.83. The number of pyridine rings is 1. The minimum atomic E-state index is -0.546. The summed E-state index contributed by atoms with van der Waals surface area (Å²) >= 11 is 0. The van der Waals surface area contributed by atoms with Gasteiger partial charge in [0, 0.05) is 17.3 Å². The van der Waals surface area contributed by atoms with E-state index in [-0.39, 0.29) is 6.17 Å². The van der Waals surface area contributed by atoms with Crippen LogP contribution in [0, 0.1) is 0 Å². The number of rotatable bonds is 0. The minimum absolute atomic E-state index is 0.306. The molecule has 0 radical (unpaired) electrons. The maximum atomic E-state index is 6.12. The average molecular weight is 281 g/mol. The second kappa shape index (κ2) is 4.58. The van der Waals surface area contributed by atoms with Crippen LogP contribution in [-0.2, 0) is 10.3 Å². The van der Waals surface area contributed by atoms with Crippen LogP contribution in [0.4, 0.5) is 0 Å². The lowest BCUT2D eigenvalue weighted by molar-refractivity contribution is 0.163. The van der Waals surface area contributed by atoms with E-state index in [2.05, 4.69) is 10.3 Å². The molecule has 5 nitrogen and oxygen atoms in total. The number of benzene rings is 1. The van der Waals surface area contributed by atoms with E-state index in [1.165, 1.54) is 0 Å². The predicted molar refractivity (Wildman–Crippen MR) is 77.7 cm³/mol. The Hall–Kier alpha value is -2.37. The number of fused-ring (bicyclic) bond motifs is 4. The van der Waals surface area contributed by atoms with Crippen LogP contribution in [0.3, 0.4) is 0 Å². The predicted octanol–water partition coefficient (Wildman–Crippen LogP) is 1.85. The Kier molecular flexibility index (Phi) is 2.70. The molecule has 0 fully saturated rings. The zero-order valence-corrected chi connectivity index (χ0v) is 11.3. The molecule has 2 aliphatic rings. The van der Waals surface area contributed by atoms with Crippen molar-refractivity contribution < 1.29 is 9.47 Å². The van der Waals surface area contributed by atoms with Crippen LogP contribution >= 0.6 is 0 Å². The highest BCUT2D eigenvalue weighted by Crippen LogP contribution is 2.46. The maximum Gasteiger partial charge on any atom is 0.151 e. The smallest absolute Gasteiger partial charge is 0.151 e. The molecule has 0 aliphatic carbocycles. The van der Waals surface area contributed by atoms with E-state index in [4.69, 9.17) is 15.2 Å². The molecule has 0 amide bonds. The summed E-state index contributed by atoms with van der Waals surface area (Å²) < 4.78 is 11.6. The fourth-order valence-electron chi connectivity index (χ4n) is 2.98. The van der Waals surface area contributed by atoms with Crippen molar-refractivity contribution in [3.63, 3.8) is 0 Å². The molecule has 2 aliphatic heterocycles. The highest BCUT2D eigenvalue weighted by atomic mass is 16.5. The molecule has 2 aromatic rings. The van der Waals surface area contributed by atoms with Crippen molar-refractivity contribution in [3.05, 3.63) is 66.2 Å². The summed E-state index contributed by atoms with van der Waals surface area (Å²) in [4.78, 5) is 4.15. The van der Waals surface area contributed by atoms with Crippen molar-refractivity contribution in [2.45, 2.75) is 11.7 Å². The van der Waals surface area contributed by atoms with Gasteiger partial charge in [-0.2, -0.15) is 0 Å². The fraction of sp³-hybridized carbons (Fsp3) is 0.188. The first kappa shape index (κ1) is 12.4. The Balaban J connectivity index is 1.97. The zero-order valence-electron chi connectivity index (χ0n) is 11.3. The topological polar surface area (TPSA) is 69.4 Å². The van der Waals surface area contributed by atoms with Crippen molar-refractivity contribution in [2.75, 3.05) is 6.61 Å². The quantitative estimate of drug-likeness (QED) is 0.771. The number of para-hydroxylation sites is 1. The Bertz CT molecular complexity index is 669. The molecule has 1 aromatic carbocycles. The highest BCUT2D eigenvalue weighted by molar-refractivity contribution is 5.56. The largest absolute Gasteiger partial charge is 0.499 e. The third-order valence-corrected chi connectivity index (χ3v) is 3.91. The van der Waals surface area contributed by atoms with E-state index in [1.54, 1.807) is 24.7 Å². The van der Waals surface area contributed by atoms with Gasteiger partial charge in [-0.15, -0.1) is 0 Å². The molecule has 106 valence electrons. The summed E-state index contributed by atoms with van der Waals surface area (Å²) in [6, 6.07) is 9.86. The standard InChI is InChI=1S/C16H15N3O2/c17-15-6-8-20-10-16(19-15)11-3-1-2-4-13(11)21-14-9-18-7-5-12(14)16/h1-9,15,19H,10,17H2. The van der Waals surface area contributed by atoms with E-state index in [1.807, 2.05) is 30.3 Å². The van der Waals surface area contributed by atoms with E-state index in [0.717, 1.165) is 22.6 Å². The van der Waals surface area contributed by atoms with Crippen molar-refractivity contribution in [3.8, 4) is 11.5 Å². The lowest BCUT2D eigenvalue weighted by Gasteiger charge is -2.40. The molecule has 21 heavy (non-hydrogen) atoms. The van der Waals surface area contributed by atoms with Crippen LogP contribution in [-0.4, -0.2) is 17.8 Å². The van der Waals surface area contributed by atoms with Gasteiger partial charge in [-0.3, -0.25) is 10.3 Å². The normalized spacial score (nSPS) is 26.2. The molecule has 5 heteroatoms. The van der Waals surface area contributed by atoms with Crippen molar-refractivity contribution in [1.29, 1.82) is 0 Å². The summed E-state index contributed by atoms with van der Waals surface area (Å²) in [5.41, 5.74) is 7.57. The lowest BCUT2D eigenvalue weighted by atomic mass is 9.81. The van der Waals surface area contributed by atoms with E-state index >= 15 is 0 Å². The SMILES string of the molecule is NC1C=COCC2(N1)c1ccccc1Oc1cnccc12. The van der Waals surface area contributed by atoms with Gasteiger partial charge in [0.2, 0.25) is 0 Å². The molecule has 4 rings (SSSR count). The van der Waals surface area contributed by atoms with Crippen LogP contribution in [0.5, 0.6) is 11.5 Å². The third kappa shape index (κ3) is 1.82. The number of hydrogen-bond acceptors (Lipinski definition) is 5. The molecule has 0 saturated carbocycles. The highest BCUT2D eigenvalue weighted by Gasteiger charge is 2.44. The van der Waals surface area contributed by atoms with E-state index < -0.39 is 5.54 Å². The van der Waals surface area contributed by atoms with Crippen molar-refractivity contribution in [2.24, 2.45) is 5.73 Å². The third-order valence-electron chi connectivity index (χ3n) is 3.91. The first-order chi connectivity index (χ1) is 10.3. The van der Waals surface area contributed by atoms with Crippen molar-refractivity contribution >= 4 is 0 Å². The Morgan fingerprint density at radius 3 is 3.00 bits per heavy atom. The first-order valence-electron chi connectivity index (χ1n) is 6.83. The van der Waals surface area contributed by atoms with Crippen LogP contribution in [0.15, 0.2) is 55.1 Å². The second-order valence-corrected chi connectivity index (χ2v) is 5.19. The number of nitrogens with one attached hydrogen (secondary N) is 1. The Labute approximate surface area is 122 Å². The fourth-order valence-corrected chi connectivity index (χ4v) is 2.98. The number of ether oxygens (including phenoxy) is 2. The van der Waals surface area contributed by atoms with Crippen LogP contribution < -0.4 is 15.8 Å². The van der Waals surface area contributed by atoms with Crippen LogP contribution in [0.25, 0.3) is 0 Å². The summed E-state index contributed by atoms with van der Waals surface area (Å²) in [7, 11) is 0.